The van der Waals surface area contributed by atoms with Crippen LogP contribution in [0.2, 0.25) is 0 Å². The number of aromatic nitrogens is 3. The zero-order valence-electron chi connectivity index (χ0n) is 13.7. The highest BCUT2D eigenvalue weighted by molar-refractivity contribution is 5.93. The number of rotatable bonds is 2. The Hall–Kier alpha value is -2.63. The normalized spacial score (nSPS) is 18.7. The summed E-state index contributed by atoms with van der Waals surface area (Å²) in [5.41, 5.74) is 0.434. The van der Waals surface area contributed by atoms with E-state index in [4.69, 9.17) is 4.42 Å². The Bertz CT molecular complexity index is 834. The van der Waals surface area contributed by atoms with Crippen molar-refractivity contribution in [1.82, 2.24) is 19.3 Å². The molecule has 1 fully saturated rings. The largest absolute Gasteiger partial charge is 0.464 e. The molecule has 4 rings (SSSR count). The molecule has 0 bridgehead atoms. The Morgan fingerprint density at radius 2 is 2.21 bits per heavy atom. The molecule has 6 nitrogen and oxygen atoms in total. The molecule has 0 N–H and O–H groups in total. The summed E-state index contributed by atoms with van der Waals surface area (Å²) in [6, 6.07) is 5.74. The molecule has 4 heterocycles. The van der Waals surface area contributed by atoms with Gasteiger partial charge in [0.05, 0.1) is 6.04 Å². The summed E-state index contributed by atoms with van der Waals surface area (Å²) in [5.74, 6) is 2.23. The molecule has 1 aliphatic heterocycles. The number of fused-ring (bicyclic) bond motifs is 1. The zero-order valence-corrected chi connectivity index (χ0v) is 13.7. The number of hydrogen-bond acceptors (Lipinski definition) is 4. The van der Waals surface area contributed by atoms with Gasteiger partial charge in [0.15, 0.2) is 0 Å². The summed E-state index contributed by atoms with van der Waals surface area (Å²) < 4.78 is 7.60. The highest BCUT2D eigenvalue weighted by Gasteiger charge is 2.30. The van der Waals surface area contributed by atoms with Gasteiger partial charge in [-0.25, -0.2) is 9.97 Å². The van der Waals surface area contributed by atoms with Crippen LogP contribution in [0.25, 0.3) is 5.78 Å². The smallest absolute Gasteiger partial charge is 0.274 e. The second-order valence-corrected chi connectivity index (χ2v) is 6.27. The molecule has 1 saturated heterocycles. The summed E-state index contributed by atoms with van der Waals surface area (Å²) in [7, 11) is 0. The molecule has 0 radical (unpaired) electrons. The Morgan fingerprint density at radius 1 is 1.29 bits per heavy atom. The Morgan fingerprint density at radius 3 is 3.00 bits per heavy atom. The van der Waals surface area contributed by atoms with Crippen molar-refractivity contribution < 1.29 is 9.21 Å². The lowest BCUT2D eigenvalue weighted by molar-refractivity contribution is 0.0652. The van der Waals surface area contributed by atoms with E-state index in [1.54, 1.807) is 16.8 Å². The van der Waals surface area contributed by atoms with Crippen LogP contribution in [0.1, 0.15) is 53.7 Å². The lowest BCUT2D eigenvalue weighted by atomic mass is 10.1. The molecular weight excluding hydrogens is 304 g/mol. The quantitative estimate of drug-likeness (QED) is 0.725. The van der Waals surface area contributed by atoms with Gasteiger partial charge in [0.25, 0.3) is 5.91 Å². The van der Waals surface area contributed by atoms with Gasteiger partial charge in [0.2, 0.25) is 5.78 Å². The summed E-state index contributed by atoms with van der Waals surface area (Å²) >= 11 is 0. The third-order valence-electron chi connectivity index (χ3n) is 4.56. The molecule has 3 aromatic heterocycles. The van der Waals surface area contributed by atoms with Crippen LogP contribution in [0.15, 0.2) is 41.2 Å². The second-order valence-electron chi connectivity index (χ2n) is 6.27. The second kappa shape index (κ2) is 6.11. The third kappa shape index (κ3) is 2.68. The average molecular weight is 324 g/mol. The van der Waals surface area contributed by atoms with Gasteiger partial charge in [-0.3, -0.25) is 9.20 Å². The van der Waals surface area contributed by atoms with Gasteiger partial charge in [-0.1, -0.05) is 12.8 Å². The molecule has 1 aliphatic rings. The maximum atomic E-state index is 13.1. The number of furan rings is 1. The van der Waals surface area contributed by atoms with Crippen molar-refractivity contribution in [2.24, 2.45) is 0 Å². The van der Waals surface area contributed by atoms with E-state index in [0.29, 0.717) is 11.5 Å². The van der Waals surface area contributed by atoms with Crippen LogP contribution < -0.4 is 0 Å². The molecule has 0 spiro atoms. The predicted molar refractivity (Wildman–Crippen MR) is 88.7 cm³/mol. The zero-order chi connectivity index (χ0) is 16.5. The van der Waals surface area contributed by atoms with Crippen LogP contribution in [0, 0.1) is 6.92 Å². The van der Waals surface area contributed by atoms with E-state index in [1.807, 2.05) is 36.2 Å². The fourth-order valence-corrected chi connectivity index (χ4v) is 3.36. The SMILES string of the molecule is Cc1ccc(C2CCCCCN2C(=O)c2cn3cccnc3n2)o1. The third-order valence-corrected chi connectivity index (χ3v) is 4.56. The van der Waals surface area contributed by atoms with Crippen LogP contribution in [0.3, 0.4) is 0 Å². The molecule has 124 valence electrons. The summed E-state index contributed by atoms with van der Waals surface area (Å²) in [6.07, 6.45) is 9.43. The Kier molecular flexibility index (Phi) is 3.80. The fraction of sp³-hybridized carbons (Fsp3) is 0.389. The van der Waals surface area contributed by atoms with E-state index in [2.05, 4.69) is 9.97 Å². The molecule has 1 unspecified atom stereocenters. The number of likely N-dealkylation sites (tertiary alicyclic amines) is 1. The molecule has 0 aliphatic carbocycles. The monoisotopic (exact) mass is 324 g/mol. The minimum Gasteiger partial charge on any atom is -0.464 e. The van der Waals surface area contributed by atoms with Gasteiger partial charge in [-0.2, -0.15) is 0 Å². The number of nitrogens with zero attached hydrogens (tertiary/aromatic N) is 4. The van der Waals surface area contributed by atoms with Crippen LogP contribution in [-0.2, 0) is 0 Å². The topological polar surface area (TPSA) is 63.6 Å². The number of amides is 1. The number of imidazole rings is 1. The molecule has 1 atom stereocenters. The van der Waals surface area contributed by atoms with Crippen LogP contribution in [0.4, 0.5) is 0 Å². The highest BCUT2D eigenvalue weighted by Crippen LogP contribution is 2.32. The minimum atomic E-state index is -0.0542. The van der Waals surface area contributed by atoms with Crippen LogP contribution in [0.5, 0.6) is 0 Å². The standard InChI is InChI=1S/C18H20N4O2/c1-13-7-8-16(24-13)15-6-3-2-4-11-22(15)17(23)14-12-21-10-5-9-19-18(21)20-14/h5,7-10,12,15H,2-4,6,11H2,1H3. The molecule has 24 heavy (non-hydrogen) atoms. The van der Waals surface area contributed by atoms with Gasteiger partial charge in [-0.05, 0) is 38.0 Å². The van der Waals surface area contributed by atoms with Crippen molar-refractivity contribution >= 4 is 11.7 Å². The van der Waals surface area contributed by atoms with E-state index in [9.17, 15) is 4.79 Å². The Labute approximate surface area is 140 Å². The van der Waals surface area contributed by atoms with Crippen molar-refractivity contribution in [3.8, 4) is 0 Å². The van der Waals surface area contributed by atoms with Gasteiger partial charge in [-0.15, -0.1) is 0 Å². The fourth-order valence-electron chi connectivity index (χ4n) is 3.36. The van der Waals surface area contributed by atoms with Gasteiger partial charge in [0, 0.05) is 25.1 Å². The lowest BCUT2D eigenvalue weighted by Gasteiger charge is -2.28. The van der Waals surface area contributed by atoms with Crippen LogP contribution in [-0.4, -0.2) is 31.7 Å². The van der Waals surface area contributed by atoms with E-state index < -0.39 is 0 Å². The maximum Gasteiger partial charge on any atom is 0.274 e. The van der Waals surface area contributed by atoms with E-state index in [-0.39, 0.29) is 11.9 Å². The van der Waals surface area contributed by atoms with Crippen molar-refractivity contribution in [2.75, 3.05) is 6.54 Å². The van der Waals surface area contributed by atoms with Crippen molar-refractivity contribution in [3.05, 3.63) is 54.0 Å². The van der Waals surface area contributed by atoms with Crippen molar-refractivity contribution in [1.29, 1.82) is 0 Å². The lowest BCUT2D eigenvalue weighted by Crippen LogP contribution is -2.34. The highest BCUT2D eigenvalue weighted by atomic mass is 16.3. The van der Waals surface area contributed by atoms with Gasteiger partial charge >= 0.3 is 0 Å². The van der Waals surface area contributed by atoms with Crippen LogP contribution >= 0.6 is 0 Å². The molecule has 3 aromatic rings. The first kappa shape index (κ1) is 14.9. The van der Waals surface area contributed by atoms with Crippen molar-refractivity contribution in [2.45, 2.75) is 38.6 Å². The Balaban J connectivity index is 1.68. The van der Waals surface area contributed by atoms with Gasteiger partial charge in [0.1, 0.15) is 17.2 Å². The number of carbonyl (C=O) groups is 1. The molecule has 0 saturated carbocycles. The first-order chi connectivity index (χ1) is 11.7. The number of carbonyl (C=O) groups excluding carboxylic acids is 1. The predicted octanol–water partition coefficient (Wildman–Crippen LogP) is 3.39. The summed E-state index contributed by atoms with van der Waals surface area (Å²) in [6.45, 7) is 2.66. The van der Waals surface area contributed by atoms with Gasteiger partial charge < -0.3 is 9.32 Å². The summed E-state index contributed by atoms with van der Waals surface area (Å²) in [5, 5.41) is 0. The first-order valence-electron chi connectivity index (χ1n) is 8.39. The molecule has 1 amide bonds. The number of aryl methyl sites for hydroxylation is 1. The van der Waals surface area contributed by atoms with E-state index in [1.165, 1.54) is 0 Å². The van der Waals surface area contributed by atoms with E-state index >= 15 is 0 Å². The maximum absolute atomic E-state index is 13.1. The minimum absolute atomic E-state index is 0.0218. The molecular formula is C18H20N4O2. The number of hydrogen-bond donors (Lipinski definition) is 0. The van der Waals surface area contributed by atoms with E-state index in [0.717, 1.165) is 43.7 Å². The first-order valence-corrected chi connectivity index (χ1v) is 8.39. The molecule has 6 heteroatoms. The summed E-state index contributed by atoms with van der Waals surface area (Å²) in [4.78, 5) is 23.6. The molecule has 0 aromatic carbocycles. The van der Waals surface area contributed by atoms with Crippen molar-refractivity contribution in [3.63, 3.8) is 0 Å². The average Bonchev–Trinajstić information content (AvgIpc) is 3.13.